The number of carbonyl (C=O) groups is 1. The maximum absolute atomic E-state index is 12.4. The summed E-state index contributed by atoms with van der Waals surface area (Å²) in [4.78, 5) is 21.4. The van der Waals surface area contributed by atoms with Gasteiger partial charge in [-0.25, -0.2) is 4.98 Å². The Kier molecular flexibility index (Phi) is 4.83. The minimum absolute atomic E-state index is 0.0402. The van der Waals surface area contributed by atoms with Crippen LogP contribution in [0, 0.1) is 0 Å². The average molecular weight is 290 g/mol. The molecule has 0 aliphatic carbocycles. The Morgan fingerprint density at radius 1 is 1.33 bits per heavy atom. The summed E-state index contributed by atoms with van der Waals surface area (Å²) in [6.07, 6.45) is 1.90. The summed E-state index contributed by atoms with van der Waals surface area (Å²) < 4.78 is 0. The van der Waals surface area contributed by atoms with Crippen LogP contribution < -0.4 is 10.2 Å². The van der Waals surface area contributed by atoms with Gasteiger partial charge in [0.2, 0.25) is 0 Å². The third kappa shape index (κ3) is 3.73. The Morgan fingerprint density at radius 3 is 2.62 bits per heavy atom. The Morgan fingerprint density at radius 2 is 2.00 bits per heavy atom. The third-order valence-corrected chi connectivity index (χ3v) is 3.75. The van der Waals surface area contributed by atoms with Crippen molar-refractivity contribution in [3.8, 4) is 0 Å². The highest BCUT2D eigenvalue weighted by molar-refractivity contribution is 5.99. The maximum Gasteiger partial charge on any atom is 0.255 e. The van der Waals surface area contributed by atoms with Gasteiger partial charge < -0.3 is 15.1 Å². The number of nitrogens with one attached hydrogen (secondary N) is 1. The second-order valence-corrected chi connectivity index (χ2v) is 6.29. The summed E-state index contributed by atoms with van der Waals surface area (Å²) >= 11 is 0. The molecular weight excluding hydrogens is 264 g/mol. The number of carbonyl (C=O) groups excluding carboxylic acids is 1. The molecule has 0 aromatic carbocycles. The van der Waals surface area contributed by atoms with Gasteiger partial charge in [0.25, 0.3) is 5.91 Å². The molecule has 0 radical (unpaired) electrons. The van der Waals surface area contributed by atoms with Crippen LogP contribution in [-0.4, -0.2) is 56.1 Å². The van der Waals surface area contributed by atoms with Crippen LogP contribution in [0.5, 0.6) is 0 Å². The van der Waals surface area contributed by atoms with E-state index in [9.17, 15) is 4.79 Å². The molecule has 5 nitrogen and oxygen atoms in total. The first-order chi connectivity index (χ1) is 9.88. The number of hydrogen-bond acceptors (Lipinski definition) is 4. The molecule has 0 bridgehead atoms. The molecule has 0 saturated carbocycles. The molecule has 1 aromatic rings. The molecule has 1 amide bonds. The summed E-state index contributed by atoms with van der Waals surface area (Å²) in [7, 11) is 6.00. The van der Waals surface area contributed by atoms with E-state index in [4.69, 9.17) is 4.98 Å². The molecule has 0 unspecified atom stereocenters. The zero-order chi connectivity index (χ0) is 15.6. The van der Waals surface area contributed by atoms with E-state index < -0.39 is 0 Å². The van der Waals surface area contributed by atoms with Gasteiger partial charge in [-0.05, 0) is 38.9 Å². The van der Waals surface area contributed by atoms with Crippen LogP contribution in [0.2, 0.25) is 0 Å². The van der Waals surface area contributed by atoms with E-state index in [-0.39, 0.29) is 11.9 Å². The fourth-order valence-corrected chi connectivity index (χ4v) is 2.58. The molecule has 0 saturated heterocycles. The SMILES string of the molecule is CC(C)NC(=O)c1cc2c(nc1N(C)C)CCN(C)CC2. The molecule has 21 heavy (non-hydrogen) atoms. The number of aromatic nitrogens is 1. The van der Waals surface area contributed by atoms with Crippen molar-refractivity contribution in [3.05, 3.63) is 22.9 Å². The number of fused-ring (bicyclic) bond motifs is 1. The van der Waals surface area contributed by atoms with Crippen molar-refractivity contribution in [1.29, 1.82) is 0 Å². The Bertz CT molecular complexity index is 525. The zero-order valence-electron chi connectivity index (χ0n) is 13.7. The lowest BCUT2D eigenvalue weighted by molar-refractivity contribution is 0.0943. The predicted octanol–water partition coefficient (Wildman–Crippen LogP) is 1.32. The van der Waals surface area contributed by atoms with Gasteiger partial charge in [-0.15, -0.1) is 0 Å². The van der Waals surface area contributed by atoms with E-state index in [1.165, 1.54) is 5.56 Å². The number of anilines is 1. The molecule has 1 aromatic heterocycles. The van der Waals surface area contributed by atoms with Gasteiger partial charge in [-0.3, -0.25) is 4.79 Å². The highest BCUT2D eigenvalue weighted by Gasteiger charge is 2.21. The molecule has 1 N–H and O–H groups in total. The molecule has 5 heteroatoms. The van der Waals surface area contributed by atoms with Crippen LogP contribution in [0.15, 0.2) is 6.07 Å². The second-order valence-electron chi connectivity index (χ2n) is 6.29. The second kappa shape index (κ2) is 6.43. The van der Waals surface area contributed by atoms with E-state index in [2.05, 4.69) is 17.3 Å². The summed E-state index contributed by atoms with van der Waals surface area (Å²) in [5.74, 6) is 0.720. The molecule has 116 valence electrons. The van der Waals surface area contributed by atoms with Crippen molar-refractivity contribution in [2.45, 2.75) is 32.7 Å². The predicted molar refractivity (Wildman–Crippen MR) is 86.1 cm³/mol. The molecule has 0 fully saturated rings. The van der Waals surface area contributed by atoms with E-state index in [0.717, 1.165) is 37.4 Å². The van der Waals surface area contributed by atoms with E-state index in [0.29, 0.717) is 5.56 Å². The van der Waals surface area contributed by atoms with Crippen LogP contribution in [0.25, 0.3) is 0 Å². The minimum Gasteiger partial charge on any atom is -0.362 e. The highest BCUT2D eigenvalue weighted by Crippen LogP contribution is 2.23. The molecule has 0 spiro atoms. The Hall–Kier alpha value is -1.62. The van der Waals surface area contributed by atoms with Crippen LogP contribution in [0.1, 0.15) is 35.5 Å². The van der Waals surface area contributed by atoms with Gasteiger partial charge in [0, 0.05) is 45.3 Å². The van der Waals surface area contributed by atoms with Crippen molar-refractivity contribution >= 4 is 11.7 Å². The van der Waals surface area contributed by atoms with Crippen LogP contribution >= 0.6 is 0 Å². The topological polar surface area (TPSA) is 48.5 Å². The molecule has 1 aliphatic heterocycles. The molecule has 2 heterocycles. The summed E-state index contributed by atoms with van der Waals surface area (Å²) in [6.45, 7) is 5.98. The lowest BCUT2D eigenvalue weighted by Crippen LogP contribution is -2.32. The quantitative estimate of drug-likeness (QED) is 0.912. The molecule has 0 atom stereocenters. The summed E-state index contributed by atoms with van der Waals surface area (Å²) in [6, 6.07) is 2.16. The fraction of sp³-hybridized carbons (Fsp3) is 0.625. The molecular formula is C16H26N4O. The van der Waals surface area contributed by atoms with Gasteiger partial charge in [0.15, 0.2) is 0 Å². The lowest BCUT2D eigenvalue weighted by atomic mass is 10.0. The first kappa shape index (κ1) is 15.8. The van der Waals surface area contributed by atoms with E-state index in [1.54, 1.807) is 0 Å². The van der Waals surface area contributed by atoms with Gasteiger partial charge in [-0.1, -0.05) is 0 Å². The van der Waals surface area contributed by atoms with Crippen molar-refractivity contribution < 1.29 is 4.79 Å². The van der Waals surface area contributed by atoms with Gasteiger partial charge in [-0.2, -0.15) is 0 Å². The van der Waals surface area contributed by atoms with E-state index in [1.807, 2.05) is 38.9 Å². The lowest BCUT2D eigenvalue weighted by Gasteiger charge is -2.19. The zero-order valence-corrected chi connectivity index (χ0v) is 13.7. The number of hydrogen-bond donors (Lipinski definition) is 1. The average Bonchev–Trinajstić information content (AvgIpc) is 2.58. The molecule has 2 rings (SSSR count). The number of amides is 1. The normalized spacial score (nSPS) is 15.5. The number of likely N-dealkylation sites (N-methyl/N-ethyl adjacent to an activating group) is 1. The van der Waals surface area contributed by atoms with Crippen LogP contribution in [0.4, 0.5) is 5.82 Å². The third-order valence-electron chi connectivity index (χ3n) is 3.75. The summed E-state index contributed by atoms with van der Waals surface area (Å²) in [5, 5.41) is 2.97. The monoisotopic (exact) mass is 290 g/mol. The van der Waals surface area contributed by atoms with Gasteiger partial charge in [0.05, 0.1) is 5.56 Å². The molecule has 1 aliphatic rings. The van der Waals surface area contributed by atoms with Crippen molar-refractivity contribution in [2.75, 3.05) is 39.1 Å². The minimum atomic E-state index is -0.0402. The fourth-order valence-electron chi connectivity index (χ4n) is 2.58. The number of rotatable bonds is 3. The van der Waals surface area contributed by atoms with Gasteiger partial charge >= 0.3 is 0 Å². The highest BCUT2D eigenvalue weighted by atomic mass is 16.1. The van der Waals surface area contributed by atoms with Crippen molar-refractivity contribution in [2.24, 2.45) is 0 Å². The van der Waals surface area contributed by atoms with Crippen molar-refractivity contribution in [3.63, 3.8) is 0 Å². The first-order valence-corrected chi connectivity index (χ1v) is 7.58. The number of pyridine rings is 1. The Balaban J connectivity index is 2.42. The Labute approximate surface area is 127 Å². The van der Waals surface area contributed by atoms with E-state index >= 15 is 0 Å². The maximum atomic E-state index is 12.4. The smallest absolute Gasteiger partial charge is 0.255 e. The first-order valence-electron chi connectivity index (χ1n) is 7.58. The van der Waals surface area contributed by atoms with Crippen molar-refractivity contribution in [1.82, 2.24) is 15.2 Å². The van der Waals surface area contributed by atoms with Gasteiger partial charge in [0.1, 0.15) is 5.82 Å². The summed E-state index contributed by atoms with van der Waals surface area (Å²) in [5.41, 5.74) is 3.01. The van der Waals surface area contributed by atoms with Crippen LogP contribution in [0.3, 0.4) is 0 Å². The number of nitrogens with zero attached hydrogens (tertiary/aromatic N) is 3. The standard InChI is InChI=1S/C16H26N4O/c1-11(2)17-16(21)13-10-12-6-8-20(5)9-7-14(12)18-15(13)19(3)4/h10-11H,6-9H2,1-5H3,(H,17,21). The largest absolute Gasteiger partial charge is 0.362 e. The van der Waals surface area contributed by atoms with Crippen LogP contribution in [-0.2, 0) is 12.8 Å².